The minimum absolute atomic E-state index is 0.167. The summed E-state index contributed by atoms with van der Waals surface area (Å²) in [5.41, 5.74) is 1.16. The van der Waals surface area contributed by atoms with E-state index in [-0.39, 0.29) is 11.8 Å². The predicted molar refractivity (Wildman–Crippen MR) is 105 cm³/mol. The molecule has 1 saturated heterocycles. The van der Waals surface area contributed by atoms with Crippen molar-refractivity contribution in [2.24, 2.45) is 0 Å². The Labute approximate surface area is 164 Å². The summed E-state index contributed by atoms with van der Waals surface area (Å²) in [4.78, 5) is 29.2. The van der Waals surface area contributed by atoms with E-state index in [9.17, 15) is 9.59 Å². The number of carbonyl (C=O) groups is 2. The van der Waals surface area contributed by atoms with Gasteiger partial charge in [-0.25, -0.2) is 0 Å². The van der Waals surface area contributed by atoms with Crippen molar-refractivity contribution in [3.05, 3.63) is 48.0 Å². The third-order valence-electron chi connectivity index (χ3n) is 4.93. The average molecular weight is 384 g/mol. The standard InChI is InChI=1S/C21H24N2O5/c1-14-20(24)23(18-13-17(27-3)9-10-19(18)28-4)12-11-22(14)21(25)15-5-7-16(26-2)8-6-15/h5-10,13-14H,11-12H2,1-4H3/t14-/m0/s1. The maximum Gasteiger partial charge on any atom is 0.254 e. The van der Waals surface area contributed by atoms with Gasteiger partial charge in [-0.05, 0) is 43.3 Å². The Morgan fingerprint density at radius 3 is 2.18 bits per heavy atom. The van der Waals surface area contributed by atoms with E-state index >= 15 is 0 Å². The second kappa shape index (κ2) is 8.21. The third kappa shape index (κ3) is 3.60. The molecule has 0 aliphatic carbocycles. The van der Waals surface area contributed by atoms with Gasteiger partial charge < -0.3 is 24.0 Å². The maximum atomic E-state index is 13.1. The lowest BCUT2D eigenvalue weighted by Crippen LogP contribution is -2.57. The van der Waals surface area contributed by atoms with E-state index in [0.29, 0.717) is 41.6 Å². The molecule has 1 atom stereocenters. The molecule has 28 heavy (non-hydrogen) atoms. The van der Waals surface area contributed by atoms with E-state index in [0.717, 1.165) is 0 Å². The molecule has 0 radical (unpaired) electrons. The lowest BCUT2D eigenvalue weighted by molar-refractivity contribution is -0.124. The first-order valence-corrected chi connectivity index (χ1v) is 8.98. The minimum atomic E-state index is -0.598. The van der Waals surface area contributed by atoms with Crippen molar-refractivity contribution < 1.29 is 23.8 Å². The highest BCUT2D eigenvalue weighted by atomic mass is 16.5. The summed E-state index contributed by atoms with van der Waals surface area (Å²) >= 11 is 0. The number of hydrogen-bond donors (Lipinski definition) is 0. The van der Waals surface area contributed by atoms with Gasteiger partial charge in [-0.15, -0.1) is 0 Å². The first-order valence-electron chi connectivity index (χ1n) is 8.98. The summed E-state index contributed by atoms with van der Waals surface area (Å²) in [6.07, 6.45) is 0. The van der Waals surface area contributed by atoms with Gasteiger partial charge in [0.05, 0.1) is 27.0 Å². The third-order valence-corrected chi connectivity index (χ3v) is 4.93. The zero-order valence-corrected chi connectivity index (χ0v) is 16.5. The minimum Gasteiger partial charge on any atom is -0.497 e. The Morgan fingerprint density at radius 1 is 0.929 bits per heavy atom. The van der Waals surface area contributed by atoms with Crippen LogP contribution in [0.15, 0.2) is 42.5 Å². The Balaban J connectivity index is 1.82. The van der Waals surface area contributed by atoms with Crippen molar-refractivity contribution >= 4 is 17.5 Å². The zero-order valence-electron chi connectivity index (χ0n) is 16.5. The number of methoxy groups -OCH3 is 3. The van der Waals surface area contributed by atoms with Crippen LogP contribution < -0.4 is 19.1 Å². The van der Waals surface area contributed by atoms with E-state index in [1.165, 1.54) is 0 Å². The highest BCUT2D eigenvalue weighted by Gasteiger charge is 2.36. The van der Waals surface area contributed by atoms with Gasteiger partial charge in [0.1, 0.15) is 23.3 Å². The van der Waals surface area contributed by atoms with Crippen molar-refractivity contribution in [3.8, 4) is 17.2 Å². The summed E-state index contributed by atoms with van der Waals surface area (Å²) in [5.74, 6) is 1.54. The summed E-state index contributed by atoms with van der Waals surface area (Å²) in [6, 6.07) is 11.6. The fraction of sp³-hybridized carbons (Fsp3) is 0.333. The number of nitrogens with zero attached hydrogens (tertiary/aromatic N) is 2. The van der Waals surface area contributed by atoms with Crippen LogP contribution in [0.1, 0.15) is 17.3 Å². The summed E-state index contributed by atoms with van der Waals surface area (Å²) < 4.78 is 15.8. The molecule has 0 bridgehead atoms. The molecular weight excluding hydrogens is 360 g/mol. The molecule has 0 aromatic heterocycles. The van der Waals surface area contributed by atoms with Gasteiger partial charge in [0.2, 0.25) is 5.91 Å². The number of ether oxygens (including phenoxy) is 3. The largest absolute Gasteiger partial charge is 0.497 e. The molecule has 0 saturated carbocycles. The molecule has 0 unspecified atom stereocenters. The van der Waals surface area contributed by atoms with Gasteiger partial charge >= 0.3 is 0 Å². The molecule has 148 valence electrons. The number of hydrogen-bond acceptors (Lipinski definition) is 5. The zero-order chi connectivity index (χ0) is 20.3. The van der Waals surface area contributed by atoms with E-state index in [2.05, 4.69) is 0 Å². The van der Waals surface area contributed by atoms with Crippen molar-refractivity contribution in [1.29, 1.82) is 0 Å². The molecule has 2 aromatic rings. The number of amides is 2. The molecule has 2 amide bonds. The number of piperazine rings is 1. The van der Waals surface area contributed by atoms with Crippen LogP contribution in [0.2, 0.25) is 0 Å². The number of rotatable bonds is 5. The van der Waals surface area contributed by atoms with Crippen LogP contribution in [0.25, 0.3) is 0 Å². The van der Waals surface area contributed by atoms with Crippen LogP contribution in [-0.2, 0) is 4.79 Å². The van der Waals surface area contributed by atoms with Crippen LogP contribution in [0, 0.1) is 0 Å². The Morgan fingerprint density at radius 2 is 1.57 bits per heavy atom. The van der Waals surface area contributed by atoms with Gasteiger partial charge in [-0.3, -0.25) is 9.59 Å². The Bertz CT molecular complexity index is 866. The van der Waals surface area contributed by atoms with Gasteiger partial charge in [0.15, 0.2) is 0 Å². The van der Waals surface area contributed by atoms with Crippen LogP contribution in [0.4, 0.5) is 5.69 Å². The van der Waals surface area contributed by atoms with E-state index < -0.39 is 6.04 Å². The molecule has 2 aromatic carbocycles. The van der Waals surface area contributed by atoms with Gasteiger partial charge in [-0.1, -0.05) is 0 Å². The second-order valence-electron chi connectivity index (χ2n) is 6.43. The molecule has 0 N–H and O–H groups in total. The fourth-order valence-corrected chi connectivity index (χ4v) is 3.29. The molecule has 7 nitrogen and oxygen atoms in total. The molecule has 1 aliphatic rings. The van der Waals surface area contributed by atoms with E-state index in [4.69, 9.17) is 14.2 Å². The monoisotopic (exact) mass is 384 g/mol. The maximum absolute atomic E-state index is 13.1. The van der Waals surface area contributed by atoms with E-state index in [1.54, 1.807) is 80.5 Å². The molecule has 1 fully saturated rings. The number of anilines is 1. The number of carbonyl (C=O) groups excluding carboxylic acids is 2. The topological polar surface area (TPSA) is 68.3 Å². The smallest absolute Gasteiger partial charge is 0.254 e. The van der Waals surface area contributed by atoms with Crippen molar-refractivity contribution in [2.45, 2.75) is 13.0 Å². The van der Waals surface area contributed by atoms with Crippen LogP contribution in [0.3, 0.4) is 0 Å². The van der Waals surface area contributed by atoms with Crippen LogP contribution in [0.5, 0.6) is 17.2 Å². The van der Waals surface area contributed by atoms with Gasteiger partial charge in [0.25, 0.3) is 5.91 Å². The first kappa shape index (κ1) is 19.5. The molecular formula is C21H24N2O5. The lowest BCUT2D eigenvalue weighted by Gasteiger charge is -2.39. The SMILES string of the molecule is COc1ccc(C(=O)N2CCN(c3cc(OC)ccc3OC)C(=O)[C@@H]2C)cc1. The summed E-state index contributed by atoms with van der Waals surface area (Å²) in [5, 5.41) is 0. The van der Waals surface area contributed by atoms with Crippen molar-refractivity contribution in [1.82, 2.24) is 4.90 Å². The molecule has 1 aliphatic heterocycles. The Kier molecular flexibility index (Phi) is 5.73. The van der Waals surface area contributed by atoms with Crippen molar-refractivity contribution in [3.63, 3.8) is 0 Å². The van der Waals surface area contributed by atoms with Crippen LogP contribution in [-0.4, -0.2) is 57.2 Å². The van der Waals surface area contributed by atoms with Gasteiger partial charge in [0, 0.05) is 24.7 Å². The first-order chi connectivity index (χ1) is 13.5. The molecule has 7 heteroatoms. The molecule has 0 spiro atoms. The highest BCUT2D eigenvalue weighted by Crippen LogP contribution is 2.34. The second-order valence-corrected chi connectivity index (χ2v) is 6.43. The number of benzene rings is 2. The normalized spacial score (nSPS) is 16.7. The predicted octanol–water partition coefficient (Wildman–Crippen LogP) is 2.59. The van der Waals surface area contributed by atoms with Gasteiger partial charge in [-0.2, -0.15) is 0 Å². The van der Waals surface area contributed by atoms with E-state index in [1.807, 2.05) is 0 Å². The van der Waals surface area contributed by atoms with Crippen molar-refractivity contribution in [2.75, 3.05) is 39.3 Å². The fourth-order valence-electron chi connectivity index (χ4n) is 3.29. The Hall–Kier alpha value is -3.22. The van der Waals surface area contributed by atoms with Crippen LogP contribution >= 0.6 is 0 Å². The quantitative estimate of drug-likeness (QED) is 0.793. The highest BCUT2D eigenvalue weighted by molar-refractivity contribution is 6.04. The average Bonchev–Trinajstić information content (AvgIpc) is 2.74. The lowest BCUT2D eigenvalue weighted by atomic mass is 10.1. The summed E-state index contributed by atoms with van der Waals surface area (Å²) in [7, 11) is 4.70. The molecule has 1 heterocycles. The molecule has 3 rings (SSSR count). The summed E-state index contributed by atoms with van der Waals surface area (Å²) in [6.45, 7) is 2.52.